The monoisotopic (exact) mass is 317 g/mol. The van der Waals surface area contributed by atoms with Gasteiger partial charge in [-0.25, -0.2) is 0 Å². The lowest BCUT2D eigenvalue weighted by atomic mass is 10.00. The number of rotatable bonds is 5. The summed E-state index contributed by atoms with van der Waals surface area (Å²) < 4.78 is 29.1. The van der Waals surface area contributed by atoms with Gasteiger partial charge in [0, 0.05) is 26.2 Å². The molecule has 2 aliphatic rings. The van der Waals surface area contributed by atoms with E-state index in [9.17, 15) is 8.42 Å². The fourth-order valence-electron chi connectivity index (χ4n) is 3.68. The van der Waals surface area contributed by atoms with Crippen molar-refractivity contribution >= 4 is 10.2 Å². The van der Waals surface area contributed by atoms with E-state index >= 15 is 0 Å². The lowest BCUT2D eigenvalue weighted by Gasteiger charge is -2.36. The summed E-state index contributed by atoms with van der Waals surface area (Å²) in [5.74, 6) is 0.445. The number of nitrogens with one attached hydrogen (secondary N) is 1. The van der Waals surface area contributed by atoms with Crippen molar-refractivity contribution in [3.8, 4) is 0 Å². The molecule has 1 saturated heterocycles. The molecular weight excluding hydrogens is 286 g/mol. The van der Waals surface area contributed by atoms with Gasteiger partial charge in [0.05, 0.1) is 0 Å². The minimum absolute atomic E-state index is 0.196. The molecule has 2 rings (SSSR count). The molecule has 21 heavy (non-hydrogen) atoms. The van der Waals surface area contributed by atoms with Crippen LogP contribution in [-0.2, 0) is 10.2 Å². The first-order valence-corrected chi connectivity index (χ1v) is 9.83. The summed E-state index contributed by atoms with van der Waals surface area (Å²) >= 11 is 0. The van der Waals surface area contributed by atoms with Crippen molar-refractivity contribution < 1.29 is 8.42 Å². The minimum Gasteiger partial charge on any atom is -0.319 e. The summed E-state index contributed by atoms with van der Waals surface area (Å²) in [7, 11) is 0.430. The van der Waals surface area contributed by atoms with Crippen LogP contribution < -0.4 is 5.32 Å². The zero-order valence-corrected chi connectivity index (χ0v) is 14.4. The van der Waals surface area contributed by atoms with Crippen molar-refractivity contribution in [2.75, 3.05) is 33.7 Å². The Hall–Kier alpha value is -0.170. The molecule has 1 unspecified atom stereocenters. The van der Waals surface area contributed by atoms with Gasteiger partial charge in [0.25, 0.3) is 10.2 Å². The van der Waals surface area contributed by atoms with E-state index in [4.69, 9.17) is 0 Å². The SMILES string of the molecule is CNCC1CCCN(S(=O)(=O)N(C)C2CCCCCC2)C1. The lowest BCUT2D eigenvalue weighted by Crippen LogP contribution is -2.50. The van der Waals surface area contributed by atoms with Crippen LogP contribution in [0.2, 0.25) is 0 Å². The highest BCUT2D eigenvalue weighted by Crippen LogP contribution is 2.26. The summed E-state index contributed by atoms with van der Waals surface area (Å²) in [6, 6.07) is 0.196. The highest BCUT2D eigenvalue weighted by Gasteiger charge is 2.34. The maximum atomic E-state index is 12.9. The van der Waals surface area contributed by atoms with Crippen LogP contribution in [0.5, 0.6) is 0 Å². The molecule has 0 bridgehead atoms. The first-order valence-electron chi connectivity index (χ1n) is 8.43. The van der Waals surface area contributed by atoms with Gasteiger partial charge in [-0.15, -0.1) is 0 Å². The summed E-state index contributed by atoms with van der Waals surface area (Å²) in [6.07, 6.45) is 8.95. The van der Waals surface area contributed by atoms with E-state index in [1.807, 2.05) is 7.05 Å². The van der Waals surface area contributed by atoms with E-state index in [-0.39, 0.29) is 6.04 Å². The quantitative estimate of drug-likeness (QED) is 0.787. The van der Waals surface area contributed by atoms with Crippen molar-refractivity contribution in [3.05, 3.63) is 0 Å². The Bertz CT molecular complexity index is 403. The molecule has 1 aliphatic carbocycles. The van der Waals surface area contributed by atoms with Gasteiger partial charge in [-0.2, -0.15) is 17.0 Å². The van der Waals surface area contributed by atoms with Crippen LogP contribution in [0.4, 0.5) is 0 Å². The number of piperidine rings is 1. The molecule has 0 aromatic carbocycles. The van der Waals surface area contributed by atoms with Crippen LogP contribution in [-0.4, -0.2) is 56.8 Å². The molecule has 1 atom stereocenters. The van der Waals surface area contributed by atoms with Crippen molar-refractivity contribution in [3.63, 3.8) is 0 Å². The van der Waals surface area contributed by atoms with E-state index in [2.05, 4.69) is 5.32 Å². The third-order valence-corrected chi connectivity index (χ3v) is 7.01. The lowest BCUT2D eigenvalue weighted by molar-refractivity contribution is 0.234. The van der Waals surface area contributed by atoms with Crippen LogP contribution in [0.25, 0.3) is 0 Å². The van der Waals surface area contributed by atoms with Crippen LogP contribution >= 0.6 is 0 Å². The molecule has 5 nitrogen and oxygen atoms in total. The van der Waals surface area contributed by atoms with Gasteiger partial charge >= 0.3 is 0 Å². The standard InChI is InChI=1S/C15H31N3O2S/c1-16-12-14-8-7-11-18(13-14)21(19,20)17(2)15-9-5-3-4-6-10-15/h14-16H,3-13H2,1-2H3. The highest BCUT2D eigenvalue weighted by atomic mass is 32.2. The molecule has 124 valence electrons. The molecule has 0 amide bonds. The largest absolute Gasteiger partial charge is 0.319 e. The zero-order chi connectivity index (χ0) is 15.3. The van der Waals surface area contributed by atoms with Gasteiger partial charge in [-0.1, -0.05) is 25.7 Å². The number of hydrogen-bond acceptors (Lipinski definition) is 3. The fourth-order valence-corrected chi connectivity index (χ4v) is 5.39. The molecular formula is C15H31N3O2S. The number of nitrogens with zero attached hydrogens (tertiary/aromatic N) is 2. The smallest absolute Gasteiger partial charge is 0.281 e. The van der Waals surface area contributed by atoms with Crippen LogP contribution in [0.3, 0.4) is 0 Å². The number of hydrogen-bond donors (Lipinski definition) is 1. The molecule has 0 spiro atoms. The van der Waals surface area contributed by atoms with Gasteiger partial charge in [-0.3, -0.25) is 0 Å². The molecule has 6 heteroatoms. The Labute approximate surface area is 130 Å². The van der Waals surface area contributed by atoms with Gasteiger partial charge in [0.2, 0.25) is 0 Å². The first-order chi connectivity index (χ1) is 10.1. The molecule has 1 heterocycles. The molecule has 2 fully saturated rings. The van der Waals surface area contributed by atoms with Crippen molar-refractivity contribution in [1.82, 2.24) is 13.9 Å². The van der Waals surface area contributed by atoms with Crippen LogP contribution in [0.15, 0.2) is 0 Å². The highest BCUT2D eigenvalue weighted by molar-refractivity contribution is 7.86. The van der Waals surface area contributed by atoms with E-state index in [0.717, 1.165) is 45.1 Å². The van der Waals surface area contributed by atoms with E-state index in [1.165, 1.54) is 12.8 Å². The minimum atomic E-state index is -3.29. The van der Waals surface area contributed by atoms with Crippen LogP contribution in [0, 0.1) is 5.92 Å². The van der Waals surface area contributed by atoms with Crippen molar-refractivity contribution in [2.24, 2.45) is 5.92 Å². The molecule has 0 radical (unpaired) electrons. The van der Waals surface area contributed by atoms with Gasteiger partial charge in [-0.05, 0) is 45.2 Å². The van der Waals surface area contributed by atoms with Crippen LogP contribution in [0.1, 0.15) is 51.4 Å². The molecule has 1 N–H and O–H groups in total. The van der Waals surface area contributed by atoms with Gasteiger partial charge in [0.1, 0.15) is 0 Å². The Kier molecular flexibility index (Phi) is 6.47. The maximum Gasteiger partial charge on any atom is 0.281 e. The summed E-state index contributed by atoms with van der Waals surface area (Å²) in [5.41, 5.74) is 0. The summed E-state index contributed by atoms with van der Waals surface area (Å²) in [5, 5.41) is 3.18. The molecule has 1 aliphatic heterocycles. The second-order valence-electron chi connectivity index (χ2n) is 6.59. The molecule has 1 saturated carbocycles. The van der Waals surface area contributed by atoms with E-state index in [0.29, 0.717) is 19.0 Å². The third kappa shape index (κ3) is 4.41. The fraction of sp³-hybridized carbons (Fsp3) is 1.00. The maximum absolute atomic E-state index is 12.9. The Morgan fingerprint density at radius 1 is 1.10 bits per heavy atom. The summed E-state index contributed by atoms with van der Waals surface area (Å²) in [4.78, 5) is 0. The second kappa shape index (κ2) is 7.90. The Balaban J connectivity index is 2.01. The zero-order valence-electron chi connectivity index (χ0n) is 13.6. The predicted molar refractivity (Wildman–Crippen MR) is 86.4 cm³/mol. The van der Waals surface area contributed by atoms with Crippen molar-refractivity contribution in [2.45, 2.75) is 57.4 Å². The first kappa shape index (κ1) is 17.2. The predicted octanol–water partition coefficient (Wildman–Crippen LogP) is 1.82. The average Bonchev–Trinajstić information content (AvgIpc) is 2.76. The second-order valence-corrected chi connectivity index (χ2v) is 8.58. The average molecular weight is 317 g/mol. The topological polar surface area (TPSA) is 52.7 Å². The molecule has 0 aromatic rings. The van der Waals surface area contributed by atoms with Gasteiger partial charge < -0.3 is 5.32 Å². The molecule has 0 aromatic heterocycles. The normalized spacial score (nSPS) is 26.9. The van der Waals surface area contributed by atoms with Gasteiger partial charge in [0.15, 0.2) is 0 Å². The van der Waals surface area contributed by atoms with E-state index < -0.39 is 10.2 Å². The summed E-state index contributed by atoms with van der Waals surface area (Å²) in [6.45, 7) is 2.25. The Morgan fingerprint density at radius 2 is 1.76 bits per heavy atom. The van der Waals surface area contributed by atoms with Crippen molar-refractivity contribution in [1.29, 1.82) is 0 Å². The third-order valence-electron chi connectivity index (χ3n) is 5.00. The van der Waals surface area contributed by atoms with E-state index in [1.54, 1.807) is 15.7 Å². The Morgan fingerprint density at radius 3 is 2.38 bits per heavy atom.